The molecule has 0 saturated carbocycles. The summed E-state index contributed by atoms with van der Waals surface area (Å²) in [7, 11) is 3.55. The molecule has 0 heterocycles. The van der Waals surface area contributed by atoms with Gasteiger partial charge in [-0.05, 0) is 19.4 Å². The number of amides is 1. The van der Waals surface area contributed by atoms with Crippen molar-refractivity contribution in [2.24, 2.45) is 5.73 Å². The van der Waals surface area contributed by atoms with E-state index < -0.39 is 0 Å². The lowest BCUT2D eigenvalue weighted by atomic mass is 10.0. The highest BCUT2D eigenvalue weighted by atomic mass is 32.2. The summed E-state index contributed by atoms with van der Waals surface area (Å²) in [4.78, 5) is 13.2. The third kappa shape index (κ3) is 4.35. The maximum atomic E-state index is 11.6. The van der Waals surface area contributed by atoms with E-state index in [-0.39, 0.29) is 17.2 Å². The molecule has 2 unspecified atom stereocenters. The molecular formula is C14H22N2OS. The van der Waals surface area contributed by atoms with Crippen molar-refractivity contribution in [3.63, 3.8) is 0 Å². The molecule has 0 saturated heterocycles. The quantitative estimate of drug-likeness (QED) is 0.889. The Morgan fingerprint density at radius 1 is 1.44 bits per heavy atom. The van der Waals surface area contributed by atoms with Crippen molar-refractivity contribution in [3.8, 4) is 0 Å². The second kappa shape index (κ2) is 6.81. The molecule has 0 spiro atoms. The molecule has 0 radical (unpaired) electrons. The molecule has 100 valence electrons. The minimum atomic E-state index is 0.0202. The number of thioether (sulfide) groups is 1. The molecule has 0 aliphatic carbocycles. The Balaban J connectivity index is 2.75. The Bertz CT molecular complexity index is 405. The van der Waals surface area contributed by atoms with Crippen LogP contribution in [0.15, 0.2) is 24.3 Å². The van der Waals surface area contributed by atoms with Crippen molar-refractivity contribution < 1.29 is 4.79 Å². The van der Waals surface area contributed by atoms with Crippen LogP contribution in [-0.4, -0.2) is 36.7 Å². The lowest BCUT2D eigenvalue weighted by Crippen LogP contribution is -2.27. The molecule has 2 atom stereocenters. The largest absolute Gasteiger partial charge is 0.348 e. The van der Waals surface area contributed by atoms with Crippen LogP contribution in [-0.2, 0) is 4.79 Å². The lowest BCUT2D eigenvalue weighted by Gasteiger charge is -2.22. The van der Waals surface area contributed by atoms with E-state index in [1.807, 2.05) is 13.0 Å². The highest BCUT2D eigenvalue weighted by Crippen LogP contribution is 2.31. The van der Waals surface area contributed by atoms with Crippen molar-refractivity contribution in [3.05, 3.63) is 35.4 Å². The van der Waals surface area contributed by atoms with Crippen LogP contribution in [0.3, 0.4) is 0 Å². The fourth-order valence-corrected chi connectivity index (χ4v) is 2.91. The molecule has 18 heavy (non-hydrogen) atoms. The smallest absolute Gasteiger partial charge is 0.232 e. The number of nitrogens with zero attached hydrogens (tertiary/aromatic N) is 1. The van der Waals surface area contributed by atoms with Crippen LogP contribution in [0, 0.1) is 6.92 Å². The number of aryl methyl sites for hydroxylation is 1. The summed E-state index contributed by atoms with van der Waals surface area (Å²) >= 11 is 1.61. The molecule has 4 heteroatoms. The Hall–Kier alpha value is -1.00. The number of nitrogens with two attached hydrogens (primary N) is 1. The molecule has 3 nitrogen and oxygen atoms in total. The van der Waals surface area contributed by atoms with E-state index in [9.17, 15) is 4.79 Å². The molecule has 0 bridgehead atoms. The van der Waals surface area contributed by atoms with Gasteiger partial charge in [0.1, 0.15) is 0 Å². The number of rotatable bonds is 5. The van der Waals surface area contributed by atoms with Gasteiger partial charge in [-0.2, -0.15) is 0 Å². The summed E-state index contributed by atoms with van der Waals surface area (Å²) < 4.78 is 0. The van der Waals surface area contributed by atoms with E-state index >= 15 is 0 Å². The minimum Gasteiger partial charge on any atom is -0.348 e. The van der Waals surface area contributed by atoms with Gasteiger partial charge in [-0.1, -0.05) is 29.8 Å². The average molecular weight is 266 g/mol. The Morgan fingerprint density at radius 3 is 2.61 bits per heavy atom. The Kier molecular flexibility index (Phi) is 5.69. The van der Waals surface area contributed by atoms with Gasteiger partial charge in [-0.25, -0.2) is 0 Å². The van der Waals surface area contributed by atoms with E-state index in [2.05, 4.69) is 25.1 Å². The van der Waals surface area contributed by atoms with Crippen molar-refractivity contribution in [2.45, 2.75) is 25.1 Å². The average Bonchev–Trinajstić information content (AvgIpc) is 2.28. The van der Waals surface area contributed by atoms with Crippen LogP contribution in [0.4, 0.5) is 0 Å². The molecule has 0 aliphatic heterocycles. The maximum Gasteiger partial charge on any atom is 0.232 e. The van der Waals surface area contributed by atoms with Crippen LogP contribution in [0.1, 0.15) is 23.3 Å². The van der Waals surface area contributed by atoms with E-state index in [4.69, 9.17) is 5.73 Å². The van der Waals surface area contributed by atoms with Crippen LogP contribution < -0.4 is 5.73 Å². The summed E-state index contributed by atoms with van der Waals surface area (Å²) in [5.41, 5.74) is 8.45. The fraction of sp³-hybridized carbons (Fsp3) is 0.500. The number of carbonyl (C=O) groups is 1. The fourth-order valence-electron chi connectivity index (χ4n) is 1.69. The van der Waals surface area contributed by atoms with Gasteiger partial charge in [-0.15, -0.1) is 11.8 Å². The zero-order valence-corrected chi connectivity index (χ0v) is 12.3. The first-order valence-corrected chi connectivity index (χ1v) is 7.10. The molecule has 0 aliphatic rings. The number of hydrogen-bond donors (Lipinski definition) is 1. The second-order valence-electron chi connectivity index (χ2n) is 4.79. The van der Waals surface area contributed by atoms with Gasteiger partial charge < -0.3 is 10.6 Å². The molecule has 0 fully saturated rings. The van der Waals surface area contributed by atoms with Crippen molar-refractivity contribution >= 4 is 17.7 Å². The van der Waals surface area contributed by atoms with Gasteiger partial charge >= 0.3 is 0 Å². The first kappa shape index (κ1) is 15.1. The third-order valence-electron chi connectivity index (χ3n) is 2.73. The van der Waals surface area contributed by atoms with Crippen LogP contribution in [0.2, 0.25) is 0 Å². The lowest BCUT2D eigenvalue weighted by molar-refractivity contribution is -0.125. The van der Waals surface area contributed by atoms with Crippen molar-refractivity contribution in [2.75, 3.05) is 19.8 Å². The summed E-state index contributed by atoms with van der Waals surface area (Å²) in [6.07, 6.45) is 0. The first-order chi connectivity index (χ1) is 8.41. The number of benzene rings is 1. The molecule has 1 aromatic rings. The molecule has 2 N–H and O–H groups in total. The van der Waals surface area contributed by atoms with Gasteiger partial charge in [0.05, 0.1) is 5.75 Å². The summed E-state index contributed by atoms with van der Waals surface area (Å²) in [6.45, 7) is 4.05. The maximum absolute atomic E-state index is 11.6. The predicted octanol–water partition coefficient (Wildman–Crippen LogP) is 2.20. The van der Waals surface area contributed by atoms with Crippen LogP contribution in [0.5, 0.6) is 0 Å². The highest BCUT2D eigenvalue weighted by Gasteiger charge is 2.18. The summed E-state index contributed by atoms with van der Waals surface area (Å²) in [6, 6.07) is 8.34. The summed E-state index contributed by atoms with van der Waals surface area (Å²) in [5.74, 6) is 0.589. The summed E-state index contributed by atoms with van der Waals surface area (Å²) in [5, 5.41) is 0.161. The molecule has 0 aromatic heterocycles. The molecule has 1 amide bonds. The standard InChI is InChI=1S/C14H22N2OS/c1-10-6-5-7-12(8-10)14(11(2)15)18-9-13(17)16(3)4/h5-8,11,14H,9,15H2,1-4H3. The van der Waals surface area contributed by atoms with Crippen molar-refractivity contribution in [1.29, 1.82) is 0 Å². The van der Waals surface area contributed by atoms with Crippen molar-refractivity contribution in [1.82, 2.24) is 4.90 Å². The molecule has 1 rings (SSSR count). The normalized spacial score (nSPS) is 14.1. The minimum absolute atomic E-state index is 0.0202. The van der Waals surface area contributed by atoms with Gasteiger partial charge in [0, 0.05) is 25.4 Å². The van der Waals surface area contributed by atoms with Gasteiger partial charge in [0.15, 0.2) is 0 Å². The van der Waals surface area contributed by atoms with E-state index in [0.717, 1.165) is 0 Å². The van der Waals surface area contributed by atoms with Crippen LogP contribution in [0.25, 0.3) is 0 Å². The Labute approximate surface area is 114 Å². The topological polar surface area (TPSA) is 46.3 Å². The second-order valence-corrected chi connectivity index (χ2v) is 5.92. The third-order valence-corrected chi connectivity index (χ3v) is 4.21. The zero-order chi connectivity index (χ0) is 13.7. The number of carbonyl (C=O) groups excluding carboxylic acids is 1. The first-order valence-electron chi connectivity index (χ1n) is 6.05. The molecule has 1 aromatic carbocycles. The molecular weight excluding hydrogens is 244 g/mol. The number of hydrogen-bond acceptors (Lipinski definition) is 3. The zero-order valence-electron chi connectivity index (χ0n) is 11.5. The van der Waals surface area contributed by atoms with E-state index in [1.165, 1.54) is 11.1 Å². The SMILES string of the molecule is Cc1cccc(C(SCC(=O)N(C)C)C(C)N)c1. The van der Waals surface area contributed by atoms with E-state index in [0.29, 0.717) is 5.75 Å². The monoisotopic (exact) mass is 266 g/mol. The van der Waals surface area contributed by atoms with Gasteiger partial charge in [-0.3, -0.25) is 4.79 Å². The van der Waals surface area contributed by atoms with Gasteiger partial charge in [0.2, 0.25) is 5.91 Å². The predicted molar refractivity (Wildman–Crippen MR) is 78.7 cm³/mol. The van der Waals surface area contributed by atoms with Gasteiger partial charge in [0.25, 0.3) is 0 Å². The Morgan fingerprint density at radius 2 is 2.11 bits per heavy atom. The van der Waals surface area contributed by atoms with Crippen LogP contribution >= 0.6 is 11.8 Å². The highest BCUT2D eigenvalue weighted by molar-refractivity contribution is 8.00. The van der Waals surface area contributed by atoms with E-state index in [1.54, 1.807) is 30.8 Å².